The molecule has 2 unspecified atom stereocenters. The van der Waals surface area contributed by atoms with E-state index in [1.165, 1.54) is 4.90 Å². The molecule has 32 heavy (non-hydrogen) atoms. The molecule has 1 aliphatic rings. The molecule has 0 radical (unpaired) electrons. The minimum Gasteiger partial charge on any atom is -0.480 e. The van der Waals surface area contributed by atoms with Crippen LogP contribution in [0.1, 0.15) is 17.5 Å². The summed E-state index contributed by atoms with van der Waals surface area (Å²) in [6.07, 6.45) is 1.45. The molecule has 3 N–H and O–H groups in total. The summed E-state index contributed by atoms with van der Waals surface area (Å²) < 4.78 is 0. The second-order valence-electron chi connectivity index (χ2n) is 7.88. The molecule has 1 fully saturated rings. The average Bonchev–Trinajstić information content (AvgIpc) is 2.91. The van der Waals surface area contributed by atoms with Crippen LogP contribution < -0.4 is 5.32 Å². The monoisotopic (exact) mass is 456 g/mol. The van der Waals surface area contributed by atoms with Crippen LogP contribution in [0.2, 0.25) is 0 Å². The Bertz CT molecular complexity index is 909. The number of aryl methyl sites for hydroxylation is 1. The Labute approximate surface area is 191 Å². The number of carboxylic acid groups (broad SMARTS) is 2. The quantitative estimate of drug-likeness (QED) is 0.504. The van der Waals surface area contributed by atoms with E-state index in [1.54, 1.807) is 11.8 Å². The van der Waals surface area contributed by atoms with Crippen molar-refractivity contribution in [1.29, 1.82) is 0 Å². The number of benzene rings is 2. The average molecular weight is 457 g/mol. The molecule has 3 rings (SSSR count). The number of hydrogen-bond donors (Lipinski definition) is 3. The Kier molecular flexibility index (Phi) is 8.70. The number of carbonyl (C=O) groups excluding carboxylic acids is 1. The third-order valence-corrected chi connectivity index (χ3v) is 6.69. The molecule has 0 spiro atoms. The van der Waals surface area contributed by atoms with Crippen molar-refractivity contribution in [3.05, 3.63) is 71.8 Å². The van der Waals surface area contributed by atoms with Crippen LogP contribution in [0.5, 0.6) is 0 Å². The molecule has 0 saturated carbocycles. The van der Waals surface area contributed by atoms with Crippen LogP contribution in [0.15, 0.2) is 60.7 Å². The largest absolute Gasteiger partial charge is 0.480 e. The van der Waals surface area contributed by atoms with E-state index >= 15 is 0 Å². The van der Waals surface area contributed by atoms with Crippen molar-refractivity contribution in [2.75, 3.05) is 18.1 Å². The van der Waals surface area contributed by atoms with E-state index in [2.05, 4.69) is 5.32 Å². The summed E-state index contributed by atoms with van der Waals surface area (Å²) in [6.45, 7) is -0.406. The van der Waals surface area contributed by atoms with Gasteiger partial charge in [-0.05, 0) is 30.4 Å². The molecule has 1 amide bonds. The maximum Gasteiger partial charge on any atom is 0.323 e. The topological polar surface area (TPSA) is 107 Å². The van der Waals surface area contributed by atoms with Gasteiger partial charge in [-0.3, -0.25) is 19.7 Å². The lowest BCUT2D eigenvalue weighted by Crippen LogP contribution is -2.55. The number of rotatable bonds is 10. The summed E-state index contributed by atoms with van der Waals surface area (Å²) in [5, 5.41) is 22.1. The van der Waals surface area contributed by atoms with Crippen molar-refractivity contribution in [1.82, 2.24) is 10.2 Å². The highest BCUT2D eigenvalue weighted by molar-refractivity contribution is 7.99. The number of carbonyl (C=O) groups is 3. The van der Waals surface area contributed by atoms with Crippen LogP contribution in [-0.4, -0.2) is 69.1 Å². The summed E-state index contributed by atoms with van der Waals surface area (Å²) in [4.78, 5) is 38.1. The lowest BCUT2D eigenvalue weighted by Gasteiger charge is -2.31. The molecular formula is C24H28N2O5S. The van der Waals surface area contributed by atoms with Gasteiger partial charge in [-0.15, -0.1) is 0 Å². The van der Waals surface area contributed by atoms with E-state index in [1.807, 2.05) is 60.7 Å². The van der Waals surface area contributed by atoms with Crippen LogP contribution in [0, 0.1) is 0 Å². The van der Waals surface area contributed by atoms with Crippen molar-refractivity contribution in [3.8, 4) is 0 Å². The Morgan fingerprint density at radius 1 is 1.00 bits per heavy atom. The highest BCUT2D eigenvalue weighted by atomic mass is 32.2. The molecule has 0 bridgehead atoms. The zero-order valence-electron chi connectivity index (χ0n) is 17.7. The Morgan fingerprint density at radius 3 is 2.22 bits per heavy atom. The molecule has 1 aliphatic heterocycles. The highest BCUT2D eigenvalue weighted by Gasteiger charge is 2.36. The number of aliphatic carboxylic acids is 2. The van der Waals surface area contributed by atoms with Crippen molar-refractivity contribution in [2.24, 2.45) is 0 Å². The molecule has 0 aromatic heterocycles. The lowest BCUT2D eigenvalue weighted by atomic mass is 10.0. The molecule has 2 aromatic rings. The normalized spacial score (nSPS) is 19.9. The molecule has 1 heterocycles. The van der Waals surface area contributed by atoms with Gasteiger partial charge in [0.2, 0.25) is 5.91 Å². The van der Waals surface area contributed by atoms with E-state index in [9.17, 15) is 24.6 Å². The Morgan fingerprint density at radius 2 is 1.62 bits per heavy atom. The second kappa shape index (κ2) is 11.7. The van der Waals surface area contributed by atoms with Gasteiger partial charge in [0.05, 0.1) is 6.04 Å². The fourth-order valence-electron chi connectivity index (χ4n) is 3.87. The first-order valence-corrected chi connectivity index (χ1v) is 11.8. The van der Waals surface area contributed by atoms with Crippen LogP contribution in [0.25, 0.3) is 0 Å². The van der Waals surface area contributed by atoms with Crippen molar-refractivity contribution < 1.29 is 24.6 Å². The zero-order chi connectivity index (χ0) is 22.9. The van der Waals surface area contributed by atoms with Crippen LogP contribution in [-0.2, 0) is 27.2 Å². The van der Waals surface area contributed by atoms with E-state index in [0.717, 1.165) is 11.1 Å². The molecule has 1 saturated heterocycles. The Hall–Kier alpha value is -2.84. The molecule has 2 aromatic carbocycles. The van der Waals surface area contributed by atoms with Crippen LogP contribution in [0.3, 0.4) is 0 Å². The van der Waals surface area contributed by atoms with Crippen molar-refractivity contribution in [3.63, 3.8) is 0 Å². The lowest BCUT2D eigenvalue weighted by molar-refractivity contribution is -0.147. The Balaban J connectivity index is 1.71. The minimum absolute atomic E-state index is 0.273. The zero-order valence-corrected chi connectivity index (χ0v) is 18.5. The van der Waals surface area contributed by atoms with Gasteiger partial charge >= 0.3 is 11.9 Å². The summed E-state index contributed by atoms with van der Waals surface area (Å²) in [7, 11) is 0. The third kappa shape index (κ3) is 6.83. The van der Waals surface area contributed by atoms with E-state index in [-0.39, 0.29) is 11.9 Å². The minimum atomic E-state index is -1.08. The van der Waals surface area contributed by atoms with Gasteiger partial charge in [0.25, 0.3) is 0 Å². The highest BCUT2D eigenvalue weighted by Crippen LogP contribution is 2.22. The number of thioether (sulfide) groups is 1. The first-order valence-electron chi connectivity index (χ1n) is 10.6. The smallest absolute Gasteiger partial charge is 0.323 e. The first kappa shape index (κ1) is 23.8. The van der Waals surface area contributed by atoms with Gasteiger partial charge in [-0.2, -0.15) is 11.8 Å². The first-order chi connectivity index (χ1) is 15.4. The number of carboxylic acids is 2. The van der Waals surface area contributed by atoms with Gasteiger partial charge in [-0.1, -0.05) is 60.7 Å². The van der Waals surface area contributed by atoms with Gasteiger partial charge in [-0.25, -0.2) is 0 Å². The molecule has 170 valence electrons. The standard InChI is InChI=1S/C24H28N2O5S/c27-22(28)14-26-19(13-18-9-5-2-6-10-18)15-32-16-21(23(26)29)25-20(24(30)31)12-11-17-7-3-1-4-8-17/h1-10,19-21,25H,11-16H2,(H,27,28)(H,30,31)/t19?,20-,21?/m0/s1. The van der Waals surface area contributed by atoms with Crippen LogP contribution in [0.4, 0.5) is 0 Å². The number of amides is 1. The molecule has 3 atom stereocenters. The number of hydrogen-bond acceptors (Lipinski definition) is 5. The van der Waals surface area contributed by atoms with Gasteiger partial charge < -0.3 is 15.1 Å². The van der Waals surface area contributed by atoms with E-state index in [0.29, 0.717) is 30.8 Å². The second-order valence-corrected chi connectivity index (χ2v) is 8.95. The fourth-order valence-corrected chi connectivity index (χ4v) is 5.05. The number of nitrogens with zero attached hydrogens (tertiary/aromatic N) is 1. The summed E-state index contributed by atoms with van der Waals surface area (Å²) >= 11 is 1.54. The van der Waals surface area contributed by atoms with Gasteiger partial charge in [0.15, 0.2) is 0 Å². The fraction of sp³-hybridized carbons (Fsp3) is 0.375. The van der Waals surface area contributed by atoms with Crippen molar-refractivity contribution >= 4 is 29.6 Å². The van der Waals surface area contributed by atoms with Gasteiger partial charge in [0.1, 0.15) is 12.6 Å². The van der Waals surface area contributed by atoms with Gasteiger partial charge in [0, 0.05) is 17.5 Å². The molecule has 7 nitrogen and oxygen atoms in total. The predicted molar refractivity (Wildman–Crippen MR) is 124 cm³/mol. The van der Waals surface area contributed by atoms with Crippen LogP contribution >= 0.6 is 11.8 Å². The summed E-state index contributed by atoms with van der Waals surface area (Å²) in [5.41, 5.74) is 2.05. The maximum absolute atomic E-state index is 13.3. The summed E-state index contributed by atoms with van der Waals surface area (Å²) in [6, 6.07) is 17.3. The number of nitrogens with one attached hydrogen (secondary N) is 1. The molecular weight excluding hydrogens is 428 g/mol. The SMILES string of the molecule is O=C(O)CN1C(=O)C(N[C@@H](CCc2ccccc2)C(=O)O)CSCC1Cc1ccccc1. The van der Waals surface area contributed by atoms with Crippen molar-refractivity contribution in [2.45, 2.75) is 37.4 Å². The molecule has 8 heteroatoms. The maximum atomic E-state index is 13.3. The predicted octanol–water partition coefficient (Wildman–Crippen LogP) is 2.30. The van der Waals surface area contributed by atoms with E-state index in [4.69, 9.17) is 0 Å². The van der Waals surface area contributed by atoms with E-state index < -0.39 is 30.6 Å². The third-order valence-electron chi connectivity index (χ3n) is 5.50. The molecule has 0 aliphatic carbocycles. The summed E-state index contributed by atoms with van der Waals surface area (Å²) in [5.74, 6) is -1.47.